The van der Waals surface area contributed by atoms with Crippen LogP contribution in [-0.2, 0) is 15.8 Å². The maximum absolute atomic E-state index is 12.6. The van der Waals surface area contributed by atoms with Crippen LogP contribution in [0.1, 0.15) is 5.56 Å². The molecule has 0 spiro atoms. The van der Waals surface area contributed by atoms with Crippen molar-refractivity contribution < 1.29 is 8.42 Å². The van der Waals surface area contributed by atoms with E-state index in [1.54, 1.807) is 60.1 Å². The van der Waals surface area contributed by atoms with Crippen LogP contribution in [0.3, 0.4) is 0 Å². The van der Waals surface area contributed by atoms with Crippen LogP contribution in [-0.4, -0.2) is 26.7 Å². The molecule has 1 aromatic heterocycles. The van der Waals surface area contributed by atoms with Crippen LogP contribution in [0.4, 0.5) is 11.4 Å². The van der Waals surface area contributed by atoms with Crippen molar-refractivity contribution in [1.82, 2.24) is 4.98 Å². The first-order valence-corrected chi connectivity index (χ1v) is 12.2. The highest BCUT2D eigenvalue weighted by Crippen LogP contribution is 2.29. The molecule has 0 bridgehead atoms. The van der Waals surface area contributed by atoms with Gasteiger partial charge < -0.3 is 5.32 Å². The van der Waals surface area contributed by atoms with Crippen molar-refractivity contribution in [2.24, 2.45) is 0 Å². The zero-order valence-electron chi connectivity index (χ0n) is 15.5. The van der Waals surface area contributed by atoms with E-state index in [2.05, 4.69) is 15.0 Å². The molecule has 5 nitrogen and oxygen atoms in total. The molecule has 0 saturated heterocycles. The lowest BCUT2D eigenvalue weighted by Crippen LogP contribution is -2.12. The Kier molecular flexibility index (Phi) is 6.88. The molecule has 2 N–H and O–H groups in total. The Balaban J connectivity index is 1.72. The molecule has 0 aliphatic carbocycles. The minimum absolute atomic E-state index is 0.249. The molecule has 8 heteroatoms. The average Bonchev–Trinajstić information content (AvgIpc) is 2.72. The fourth-order valence-corrected chi connectivity index (χ4v) is 4.98. The molecule has 0 atom stereocenters. The second-order valence-electron chi connectivity index (χ2n) is 5.89. The molecule has 0 saturated carbocycles. The lowest BCUT2D eigenvalue weighted by Gasteiger charge is -2.11. The number of benzene rings is 2. The molecule has 0 radical (unpaired) electrons. The molecule has 0 unspecified atom stereocenters. The van der Waals surface area contributed by atoms with Gasteiger partial charge in [-0.15, -0.1) is 23.5 Å². The molecule has 0 amide bonds. The molecule has 3 rings (SSSR count). The molecule has 0 fully saturated rings. The number of rotatable bonds is 8. The van der Waals surface area contributed by atoms with Gasteiger partial charge in [-0.1, -0.05) is 12.1 Å². The third-order valence-electron chi connectivity index (χ3n) is 4.00. The van der Waals surface area contributed by atoms with E-state index < -0.39 is 10.0 Å². The van der Waals surface area contributed by atoms with Crippen LogP contribution in [0.15, 0.2) is 81.7 Å². The first-order chi connectivity index (χ1) is 13.5. The highest BCUT2D eigenvalue weighted by Gasteiger charge is 2.14. The Morgan fingerprint density at radius 3 is 2.57 bits per heavy atom. The van der Waals surface area contributed by atoms with Crippen molar-refractivity contribution in [3.63, 3.8) is 0 Å². The van der Waals surface area contributed by atoms with Crippen molar-refractivity contribution in [2.75, 3.05) is 23.3 Å². The van der Waals surface area contributed by atoms with Crippen LogP contribution < -0.4 is 10.0 Å². The van der Waals surface area contributed by atoms with E-state index in [4.69, 9.17) is 0 Å². The van der Waals surface area contributed by atoms with Crippen LogP contribution in [0, 0.1) is 0 Å². The van der Waals surface area contributed by atoms with Gasteiger partial charge in [0, 0.05) is 40.7 Å². The summed E-state index contributed by atoms with van der Waals surface area (Å²) >= 11 is 3.22. The van der Waals surface area contributed by atoms with E-state index in [0.29, 0.717) is 11.4 Å². The molecule has 2 aromatic carbocycles. The molecular weight excluding hydrogens is 410 g/mol. The largest absolute Gasteiger partial charge is 0.387 e. The van der Waals surface area contributed by atoms with Crippen LogP contribution >= 0.6 is 23.5 Å². The Hall–Kier alpha value is -2.16. The van der Waals surface area contributed by atoms with Crippen molar-refractivity contribution in [1.29, 1.82) is 0 Å². The maximum atomic E-state index is 12.6. The van der Waals surface area contributed by atoms with Crippen molar-refractivity contribution in [2.45, 2.75) is 20.4 Å². The van der Waals surface area contributed by atoms with Gasteiger partial charge >= 0.3 is 0 Å². The smallest absolute Gasteiger partial charge is 0.261 e. The highest BCUT2D eigenvalue weighted by molar-refractivity contribution is 7.99. The van der Waals surface area contributed by atoms with Gasteiger partial charge in [-0.2, -0.15) is 0 Å². The van der Waals surface area contributed by atoms with E-state index in [9.17, 15) is 8.42 Å². The number of sulfonamides is 1. The fourth-order valence-electron chi connectivity index (χ4n) is 2.56. The normalized spacial score (nSPS) is 11.2. The summed E-state index contributed by atoms with van der Waals surface area (Å²) < 4.78 is 27.9. The van der Waals surface area contributed by atoms with Crippen LogP contribution in [0.25, 0.3) is 0 Å². The van der Waals surface area contributed by atoms with E-state index in [-0.39, 0.29) is 4.90 Å². The molecular formula is C20H21N3O2S3. The van der Waals surface area contributed by atoms with Crippen LogP contribution in [0.2, 0.25) is 0 Å². The monoisotopic (exact) mass is 431 g/mol. The number of nitrogens with zero attached hydrogens (tertiary/aromatic N) is 1. The summed E-state index contributed by atoms with van der Waals surface area (Å²) in [7, 11) is -1.74. The second-order valence-corrected chi connectivity index (χ2v) is 9.47. The lowest BCUT2D eigenvalue weighted by molar-refractivity contribution is 0.601. The summed E-state index contributed by atoms with van der Waals surface area (Å²) in [4.78, 5) is 6.48. The van der Waals surface area contributed by atoms with Gasteiger partial charge in [-0.25, -0.2) is 8.42 Å². The van der Waals surface area contributed by atoms with Gasteiger partial charge in [0.2, 0.25) is 0 Å². The number of hydrogen-bond acceptors (Lipinski definition) is 6. The minimum atomic E-state index is -3.62. The van der Waals surface area contributed by atoms with Crippen LogP contribution in [0.5, 0.6) is 0 Å². The van der Waals surface area contributed by atoms with Gasteiger partial charge in [0.1, 0.15) is 0 Å². The number of pyridine rings is 1. The minimum Gasteiger partial charge on any atom is -0.387 e. The quantitative estimate of drug-likeness (QED) is 0.492. The average molecular weight is 432 g/mol. The third-order valence-corrected chi connectivity index (χ3v) is 7.25. The van der Waals surface area contributed by atoms with E-state index in [1.165, 1.54) is 0 Å². The number of thioether (sulfide) groups is 2. The second kappa shape index (κ2) is 9.36. The fraction of sp³-hybridized carbons (Fsp3) is 0.150. The molecule has 146 valence electrons. The summed E-state index contributed by atoms with van der Waals surface area (Å²) in [5, 5.41) is 3.15. The van der Waals surface area contributed by atoms with E-state index in [1.807, 2.05) is 43.8 Å². The number of aromatic nitrogens is 1. The van der Waals surface area contributed by atoms with Gasteiger partial charge in [-0.3, -0.25) is 9.71 Å². The predicted molar refractivity (Wildman–Crippen MR) is 119 cm³/mol. The first kappa shape index (κ1) is 20.6. The SMILES string of the molecule is CNc1ccncc1SCc1cccc(NS(=O)(=O)c2ccc(SC)cc2)c1. The lowest BCUT2D eigenvalue weighted by atomic mass is 10.2. The Bertz CT molecular complexity index is 1040. The van der Waals surface area contributed by atoms with Gasteiger partial charge in [0.05, 0.1) is 10.6 Å². The van der Waals surface area contributed by atoms with Gasteiger partial charge in [0.15, 0.2) is 0 Å². The summed E-state index contributed by atoms with van der Waals surface area (Å²) in [6.45, 7) is 0. The zero-order valence-corrected chi connectivity index (χ0v) is 18.0. The summed E-state index contributed by atoms with van der Waals surface area (Å²) in [6.07, 6.45) is 5.52. The standard InChI is InChI=1S/C20H21N3O2S3/c1-21-19-10-11-22-13-20(19)27-14-15-4-3-5-16(12-15)23-28(24,25)18-8-6-17(26-2)7-9-18/h3-13,23H,14H2,1-2H3,(H,21,22). The number of nitrogens with one attached hydrogen (secondary N) is 2. The Morgan fingerprint density at radius 2 is 1.86 bits per heavy atom. The molecule has 0 aliphatic heterocycles. The summed E-state index contributed by atoms with van der Waals surface area (Å²) in [6, 6.07) is 16.2. The number of anilines is 2. The van der Waals surface area contributed by atoms with E-state index >= 15 is 0 Å². The van der Waals surface area contributed by atoms with Crippen molar-refractivity contribution in [3.8, 4) is 0 Å². The summed E-state index contributed by atoms with van der Waals surface area (Å²) in [5.74, 6) is 0.707. The number of hydrogen-bond donors (Lipinski definition) is 2. The van der Waals surface area contributed by atoms with Gasteiger partial charge in [0.25, 0.3) is 10.0 Å². The highest BCUT2D eigenvalue weighted by atomic mass is 32.2. The topological polar surface area (TPSA) is 71.1 Å². The van der Waals surface area contributed by atoms with Gasteiger partial charge in [-0.05, 0) is 54.3 Å². The predicted octanol–water partition coefficient (Wildman–Crippen LogP) is 4.94. The molecule has 0 aliphatic rings. The Morgan fingerprint density at radius 1 is 1.07 bits per heavy atom. The van der Waals surface area contributed by atoms with E-state index in [0.717, 1.165) is 21.0 Å². The van der Waals surface area contributed by atoms with Crippen molar-refractivity contribution in [3.05, 3.63) is 72.6 Å². The molecule has 28 heavy (non-hydrogen) atoms. The summed E-state index contributed by atoms with van der Waals surface area (Å²) in [5.41, 5.74) is 2.59. The Labute approximate surface area is 174 Å². The molecule has 1 heterocycles. The molecule has 3 aromatic rings. The first-order valence-electron chi connectivity index (χ1n) is 8.52. The van der Waals surface area contributed by atoms with Crippen molar-refractivity contribution >= 4 is 44.9 Å². The third kappa shape index (κ3) is 5.21. The maximum Gasteiger partial charge on any atom is 0.261 e. The zero-order chi connectivity index (χ0) is 20.0.